The van der Waals surface area contributed by atoms with E-state index in [1.54, 1.807) is 7.11 Å². The molecule has 1 fully saturated rings. The van der Waals surface area contributed by atoms with Gasteiger partial charge in [-0.15, -0.1) is 0 Å². The molecule has 0 bridgehead atoms. The van der Waals surface area contributed by atoms with Gasteiger partial charge in [0.05, 0.1) is 12.7 Å². The van der Waals surface area contributed by atoms with Crippen molar-refractivity contribution in [2.45, 2.75) is 58.1 Å². The summed E-state index contributed by atoms with van der Waals surface area (Å²) in [5.41, 5.74) is 0. The average Bonchev–Trinajstić information content (AvgIpc) is 2.76. The summed E-state index contributed by atoms with van der Waals surface area (Å²) >= 11 is 0. The Morgan fingerprint density at radius 3 is 2.47 bits per heavy atom. The van der Waals surface area contributed by atoms with Crippen LogP contribution < -0.4 is 0 Å². The fourth-order valence-electron chi connectivity index (χ4n) is 2.74. The molecule has 0 radical (unpaired) electrons. The van der Waals surface area contributed by atoms with Crippen LogP contribution in [0.1, 0.15) is 46.0 Å². The summed E-state index contributed by atoms with van der Waals surface area (Å²) in [5.74, 6) is 0.765. The number of hydrogen-bond donors (Lipinski definition) is 1. The van der Waals surface area contributed by atoms with Crippen molar-refractivity contribution in [1.29, 1.82) is 0 Å². The van der Waals surface area contributed by atoms with Crippen LogP contribution in [0.5, 0.6) is 0 Å². The minimum Gasteiger partial charge on any atom is -0.392 e. The minimum atomic E-state index is -0.169. The van der Waals surface area contributed by atoms with Gasteiger partial charge in [-0.05, 0) is 26.2 Å². The van der Waals surface area contributed by atoms with Gasteiger partial charge in [0.2, 0.25) is 0 Å². The highest BCUT2D eigenvalue weighted by Gasteiger charge is 2.21. The second kappa shape index (κ2) is 8.06. The topological polar surface area (TPSA) is 32.7 Å². The Morgan fingerprint density at radius 1 is 1.29 bits per heavy atom. The van der Waals surface area contributed by atoms with E-state index in [4.69, 9.17) is 4.74 Å². The maximum absolute atomic E-state index is 10.1. The van der Waals surface area contributed by atoms with E-state index in [9.17, 15) is 5.11 Å². The van der Waals surface area contributed by atoms with Gasteiger partial charge in [-0.25, -0.2) is 0 Å². The van der Waals surface area contributed by atoms with Gasteiger partial charge < -0.3 is 9.84 Å². The molecule has 0 heterocycles. The molecular weight excluding hydrogens is 214 g/mol. The average molecular weight is 243 g/mol. The summed E-state index contributed by atoms with van der Waals surface area (Å²) in [7, 11) is 1.73. The Balaban J connectivity index is 2.26. The van der Waals surface area contributed by atoms with Crippen molar-refractivity contribution in [3.05, 3.63) is 0 Å². The maximum Gasteiger partial charge on any atom is 0.0669 e. The van der Waals surface area contributed by atoms with Crippen molar-refractivity contribution in [2.24, 2.45) is 5.92 Å². The van der Waals surface area contributed by atoms with E-state index >= 15 is 0 Å². The standard InChI is InChI=1S/C14H29NO2/c1-12(2)15(8-9-17-3)11-14(16)10-13-6-4-5-7-13/h12-14,16H,4-11H2,1-3H3. The van der Waals surface area contributed by atoms with Crippen LogP contribution in [0, 0.1) is 5.92 Å². The van der Waals surface area contributed by atoms with E-state index in [0.29, 0.717) is 6.04 Å². The Hall–Kier alpha value is -0.120. The van der Waals surface area contributed by atoms with Gasteiger partial charge in [0.1, 0.15) is 0 Å². The second-order valence-electron chi connectivity index (χ2n) is 5.62. The molecule has 1 N–H and O–H groups in total. The number of hydrogen-bond acceptors (Lipinski definition) is 3. The molecule has 0 aromatic carbocycles. The third kappa shape index (κ3) is 5.84. The van der Waals surface area contributed by atoms with Crippen LogP contribution in [0.2, 0.25) is 0 Å². The Bertz CT molecular complexity index is 191. The van der Waals surface area contributed by atoms with Gasteiger partial charge in [-0.1, -0.05) is 25.7 Å². The van der Waals surface area contributed by atoms with Crippen LogP contribution in [0.4, 0.5) is 0 Å². The smallest absolute Gasteiger partial charge is 0.0669 e. The molecule has 3 nitrogen and oxygen atoms in total. The van der Waals surface area contributed by atoms with Gasteiger partial charge >= 0.3 is 0 Å². The van der Waals surface area contributed by atoms with Crippen molar-refractivity contribution in [3.63, 3.8) is 0 Å². The first-order valence-electron chi connectivity index (χ1n) is 7.04. The molecule has 1 aliphatic carbocycles. The highest BCUT2D eigenvalue weighted by molar-refractivity contribution is 4.74. The second-order valence-corrected chi connectivity index (χ2v) is 5.62. The van der Waals surface area contributed by atoms with Crippen LogP contribution in [0.3, 0.4) is 0 Å². The Kier molecular flexibility index (Phi) is 7.09. The largest absolute Gasteiger partial charge is 0.392 e. The fraction of sp³-hybridized carbons (Fsp3) is 1.00. The molecule has 1 unspecified atom stereocenters. The zero-order valence-electron chi connectivity index (χ0n) is 11.7. The molecule has 0 aliphatic heterocycles. The lowest BCUT2D eigenvalue weighted by molar-refractivity contribution is 0.0598. The first-order chi connectivity index (χ1) is 8.13. The van der Waals surface area contributed by atoms with E-state index in [-0.39, 0.29) is 6.10 Å². The molecule has 1 rings (SSSR count). The first kappa shape index (κ1) is 14.9. The van der Waals surface area contributed by atoms with Crippen LogP contribution in [0.25, 0.3) is 0 Å². The molecule has 0 aromatic heterocycles. The minimum absolute atomic E-state index is 0.169. The van der Waals surface area contributed by atoms with Crippen molar-refractivity contribution in [3.8, 4) is 0 Å². The number of aliphatic hydroxyl groups is 1. The normalized spacial score (nSPS) is 19.4. The van der Waals surface area contributed by atoms with Gasteiger partial charge in [0, 0.05) is 26.2 Å². The van der Waals surface area contributed by atoms with E-state index in [1.165, 1.54) is 25.7 Å². The van der Waals surface area contributed by atoms with E-state index in [0.717, 1.165) is 32.0 Å². The highest BCUT2D eigenvalue weighted by Crippen LogP contribution is 2.28. The molecule has 3 heteroatoms. The first-order valence-corrected chi connectivity index (χ1v) is 7.04. The number of nitrogens with zero attached hydrogens (tertiary/aromatic N) is 1. The third-order valence-corrected chi connectivity index (χ3v) is 3.84. The Morgan fingerprint density at radius 2 is 1.94 bits per heavy atom. The summed E-state index contributed by atoms with van der Waals surface area (Å²) in [6, 6.07) is 0.475. The van der Waals surface area contributed by atoms with E-state index < -0.39 is 0 Å². The number of ether oxygens (including phenoxy) is 1. The molecule has 0 saturated heterocycles. The summed E-state index contributed by atoms with van der Waals surface area (Å²) in [6.07, 6.45) is 6.16. The van der Waals surface area contributed by atoms with Gasteiger partial charge in [-0.2, -0.15) is 0 Å². The van der Waals surface area contributed by atoms with Crippen molar-refractivity contribution in [2.75, 3.05) is 26.8 Å². The molecular formula is C14H29NO2. The van der Waals surface area contributed by atoms with Crippen LogP contribution >= 0.6 is 0 Å². The van der Waals surface area contributed by atoms with Crippen molar-refractivity contribution in [1.82, 2.24) is 4.90 Å². The molecule has 0 amide bonds. The summed E-state index contributed by atoms with van der Waals surface area (Å²) < 4.78 is 5.11. The number of aliphatic hydroxyl groups excluding tert-OH is 1. The van der Waals surface area contributed by atoms with Crippen LogP contribution in [-0.4, -0.2) is 49.0 Å². The summed E-state index contributed by atoms with van der Waals surface area (Å²) in [4.78, 5) is 2.31. The number of rotatable bonds is 8. The van der Waals surface area contributed by atoms with E-state index in [1.807, 2.05) is 0 Å². The van der Waals surface area contributed by atoms with Crippen LogP contribution in [-0.2, 0) is 4.74 Å². The van der Waals surface area contributed by atoms with Gasteiger partial charge in [0.15, 0.2) is 0 Å². The predicted molar refractivity (Wildman–Crippen MR) is 71.2 cm³/mol. The molecule has 0 aromatic rings. The molecule has 1 aliphatic rings. The Labute approximate surface area is 106 Å². The quantitative estimate of drug-likeness (QED) is 0.710. The van der Waals surface area contributed by atoms with Gasteiger partial charge in [-0.3, -0.25) is 4.90 Å². The lowest BCUT2D eigenvalue weighted by Gasteiger charge is -2.29. The van der Waals surface area contributed by atoms with Gasteiger partial charge in [0.25, 0.3) is 0 Å². The van der Waals surface area contributed by atoms with Crippen molar-refractivity contribution >= 4 is 0 Å². The van der Waals surface area contributed by atoms with E-state index in [2.05, 4.69) is 18.7 Å². The lowest BCUT2D eigenvalue weighted by Crippen LogP contribution is -2.40. The zero-order chi connectivity index (χ0) is 12.7. The third-order valence-electron chi connectivity index (χ3n) is 3.84. The summed E-state index contributed by atoms with van der Waals surface area (Å²) in [6.45, 7) is 6.80. The zero-order valence-corrected chi connectivity index (χ0v) is 11.7. The van der Waals surface area contributed by atoms with Crippen LogP contribution in [0.15, 0.2) is 0 Å². The lowest BCUT2D eigenvalue weighted by atomic mass is 9.99. The molecule has 17 heavy (non-hydrogen) atoms. The molecule has 0 spiro atoms. The predicted octanol–water partition coefficient (Wildman–Crippen LogP) is 2.28. The van der Waals surface area contributed by atoms with Crippen molar-refractivity contribution < 1.29 is 9.84 Å². The maximum atomic E-state index is 10.1. The molecule has 1 saturated carbocycles. The molecule has 102 valence electrons. The monoisotopic (exact) mass is 243 g/mol. The highest BCUT2D eigenvalue weighted by atomic mass is 16.5. The molecule has 1 atom stereocenters. The SMILES string of the molecule is COCCN(CC(O)CC1CCCC1)C(C)C. The number of methoxy groups -OCH3 is 1. The summed E-state index contributed by atoms with van der Waals surface area (Å²) in [5, 5.41) is 10.1. The fourth-order valence-corrected chi connectivity index (χ4v) is 2.74.